The second kappa shape index (κ2) is 4.79. The van der Waals surface area contributed by atoms with Crippen LogP contribution in [0.2, 0.25) is 0 Å². The van der Waals surface area contributed by atoms with Crippen molar-refractivity contribution >= 4 is 17.3 Å². The number of pyridine rings is 1. The van der Waals surface area contributed by atoms with E-state index in [2.05, 4.69) is 10.3 Å². The molecule has 1 aromatic carbocycles. The van der Waals surface area contributed by atoms with Gasteiger partial charge in [0.05, 0.1) is 5.56 Å². The van der Waals surface area contributed by atoms with E-state index in [1.807, 2.05) is 0 Å². The lowest BCUT2D eigenvalue weighted by atomic mass is 10.1. The molecule has 1 heterocycles. The van der Waals surface area contributed by atoms with Crippen LogP contribution in [0.1, 0.15) is 10.4 Å². The van der Waals surface area contributed by atoms with Crippen LogP contribution in [0.15, 0.2) is 36.7 Å². The van der Waals surface area contributed by atoms with Gasteiger partial charge in [-0.2, -0.15) is 0 Å². The average Bonchev–Trinajstić information content (AvgIpc) is 2.35. The molecule has 3 N–H and O–H groups in total. The van der Waals surface area contributed by atoms with Gasteiger partial charge in [0, 0.05) is 29.8 Å². The van der Waals surface area contributed by atoms with Gasteiger partial charge in [0.1, 0.15) is 0 Å². The Bertz CT molecular complexity index is 587. The minimum atomic E-state index is -1.12. The molecule has 1 aromatic heterocycles. The summed E-state index contributed by atoms with van der Waals surface area (Å²) in [6.45, 7) is 0. The summed E-state index contributed by atoms with van der Waals surface area (Å²) in [5, 5.41) is 2.50. The van der Waals surface area contributed by atoms with Crippen molar-refractivity contribution in [3.05, 3.63) is 53.9 Å². The van der Waals surface area contributed by atoms with E-state index < -0.39 is 17.5 Å². The molecule has 0 bridgehead atoms. The molecule has 0 atom stereocenters. The van der Waals surface area contributed by atoms with Crippen molar-refractivity contribution in [3.63, 3.8) is 0 Å². The maximum atomic E-state index is 13.0. The Morgan fingerprint density at radius 1 is 1.17 bits per heavy atom. The van der Waals surface area contributed by atoms with Crippen LogP contribution in [0.5, 0.6) is 0 Å². The third-order valence-electron chi connectivity index (χ3n) is 2.28. The average molecular weight is 249 g/mol. The summed E-state index contributed by atoms with van der Waals surface area (Å²) in [6.07, 6.45) is 2.98. The SMILES string of the molecule is Nc1cc(F)c(F)cc1C(=O)Nc1ccncc1. The van der Waals surface area contributed by atoms with Gasteiger partial charge in [0.2, 0.25) is 0 Å². The molecule has 1 amide bonds. The highest BCUT2D eigenvalue weighted by Crippen LogP contribution is 2.18. The van der Waals surface area contributed by atoms with Crippen LogP contribution < -0.4 is 11.1 Å². The first-order valence-electron chi connectivity index (χ1n) is 5.04. The first-order valence-corrected chi connectivity index (χ1v) is 5.04. The smallest absolute Gasteiger partial charge is 0.257 e. The number of halogens is 2. The summed E-state index contributed by atoms with van der Waals surface area (Å²) in [7, 11) is 0. The minimum absolute atomic E-state index is 0.120. The molecule has 6 heteroatoms. The first kappa shape index (κ1) is 12.0. The Morgan fingerprint density at radius 3 is 2.44 bits per heavy atom. The summed E-state index contributed by atoms with van der Waals surface area (Å²) in [5.41, 5.74) is 5.71. The van der Waals surface area contributed by atoms with Crippen LogP contribution in [-0.2, 0) is 0 Å². The Kier molecular flexibility index (Phi) is 3.18. The zero-order valence-electron chi connectivity index (χ0n) is 9.15. The van der Waals surface area contributed by atoms with Gasteiger partial charge >= 0.3 is 0 Å². The molecule has 0 fully saturated rings. The fourth-order valence-corrected chi connectivity index (χ4v) is 1.39. The second-order valence-corrected chi connectivity index (χ2v) is 3.54. The lowest BCUT2D eigenvalue weighted by Crippen LogP contribution is -2.14. The number of nitrogens with zero attached hydrogens (tertiary/aromatic N) is 1. The van der Waals surface area contributed by atoms with Crippen molar-refractivity contribution < 1.29 is 13.6 Å². The number of hydrogen-bond donors (Lipinski definition) is 2. The summed E-state index contributed by atoms with van der Waals surface area (Å²) in [5.74, 6) is -2.82. The Balaban J connectivity index is 2.27. The lowest BCUT2D eigenvalue weighted by molar-refractivity contribution is 0.102. The summed E-state index contributed by atoms with van der Waals surface area (Å²) in [4.78, 5) is 15.6. The first-order chi connectivity index (χ1) is 8.58. The number of amides is 1. The number of nitrogens with two attached hydrogens (primary N) is 1. The number of carbonyl (C=O) groups is 1. The number of anilines is 2. The zero-order valence-corrected chi connectivity index (χ0v) is 9.15. The van der Waals surface area contributed by atoms with Crippen molar-refractivity contribution in [2.45, 2.75) is 0 Å². The number of aromatic nitrogens is 1. The molecule has 0 unspecified atom stereocenters. The molecule has 2 aromatic rings. The second-order valence-electron chi connectivity index (χ2n) is 3.54. The molecule has 0 spiro atoms. The highest BCUT2D eigenvalue weighted by Gasteiger charge is 2.14. The van der Waals surface area contributed by atoms with Crippen LogP contribution in [0.25, 0.3) is 0 Å². The number of nitrogen functional groups attached to an aromatic ring is 1. The maximum Gasteiger partial charge on any atom is 0.257 e. The van der Waals surface area contributed by atoms with Crippen molar-refractivity contribution in [1.29, 1.82) is 0 Å². The highest BCUT2D eigenvalue weighted by atomic mass is 19.2. The van der Waals surface area contributed by atoms with E-state index in [9.17, 15) is 13.6 Å². The minimum Gasteiger partial charge on any atom is -0.398 e. The van der Waals surface area contributed by atoms with Crippen LogP contribution >= 0.6 is 0 Å². The predicted octanol–water partition coefficient (Wildman–Crippen LogP) is 2.19. The largest absolute Gasteiger partial charge is 0.398 e. The van der Waals surface area contributed by atoms with E-state index >= 15 is 0 Å². The van der Waals surface area contributed by atoms with Gasteiger partial charge in [-0.05, 0) is 18.2 Å². The molecule has 2 rings (SSSR count). The van der Waals surface area contributed by atoms with E-state index in [0.717, 1.165) is 12.1 Å². The van der Waals surface area contributed by atoms with Gasteiger partial charge in [-0.25, -0.2) is 8.78 Å². The molecule has 0 aliphatic rings. The fraction of sp³-hybridized carbons (Fsp3) is 0. The van der Waals surface area contributed by atoms with E-state index in [1.54, 1.807) is 12.1 Å². The standard InChI is InChI=1S/C12H9F2N3O/c13-9-5-8(11(15)6-10(9)14)12(18)17-7-1-3-16-4-2-7/h1-6H,15H2,(H,16,17,18). The molecule has 0 radical (unpaired) electrons. The van der Waals surface area contributed by atoms with Gasteiger partial charge < -0.3 is 11.1 Å². The van der Waals surface area contributed by atoms with Crippen molar-refractivity contribution in [2.24, 2.45) is 0 Å². The van der Waals surface area contributed by atoms with E-state index in [4.69, 9.17) is 5.73 Å². The number of rotatable bonds is 2. The van der Waals surface area contributed by atoms with Gasteiger partial charge in [0.15, 0.2) is 11.6 Å². The molecule has 0 saturated carbocycles. The van der Waals surface area contributed by atoms with E-state index in [-0.39, 0.29) is 11.3 Å². The molecular formula is C12H9F2N3O. The molecule has 92 valence electrons. The molecular weight excluding hydrogens is 240 g/mol. The topological polar surface area (TPSA) is 68.0 Å². The van der Waals surface area contributed by atoms with Gasteiger partial charge in [-0.3, -0.25) is 9.78 Å². The Morgan fingerprint density at radius 2 is 1.78 bits per heavy atom. The Hall–Kier alpha value is -2.50. The fourth-order valence-electron chi connectivity index (χ4n) is 1.39. The van der Waals surface area contributed by atoms with E-state index in [1.165, 1.54) is 12.4 Å². The van der Waals surface area contributed by atoms with Crippen molar-refractivity contribution in [2.75, 3.05) is 11.1 Å². The van der Waals surface area contributed by atoms with Gasteiger partial charge in [-0.15, -0.1) is 0 Å². The quantitative estimate of drug-likeness (QED) is 0.801. The van der Waals surface area contributed by atoms with Gasteiger partial charge in [0.25, 0.3) is 5.91 Å². The molecule has 18 heavy (non-hydrogen) atoms. The normalized spacial score (nSPS) is 10.1. The molecule has 0 aliphatic carbocycles. The molecule has 4 nitrogen and oxygen atoms in total. The third kappa shape index (κ3) is 2.42. The van der Waals surface area contributed by atoms with Crippen LogP contribution in [0.3, 0.4) is 0 Å². The molecule has 0 aliphatic heterocycles. The van der Waals surface area contributed by atoms with Crippen molar-refractivity contribution in [1.82, 2.24) is 4.98 Å². The number of hydrogen-bond acceptors (Lipinski definition) is 3. The number of carbonyl (C=O) groups excluding carboxylic acids is 1. The predicted molar refractivity (Wildman–Crippen MR) is 63.0 cm³/mol. The summed E-state index contributed by atoms with van der Waals surface area (Å²) >= 11 is 0. The van der Waals surface area contributed by atoms with E-state index in [0.29, 0.717) is 5.69 Å². The van der Waals surface area contributed by atoms with Crippen LogP contribution in [0.4, 0.5) is 20.2 Å². The van der Waals surface area contributed by atoms with Gasteiger partial charge in [-0.1, -0.05) is 0 Å². The molecule has 0 saturated heterocycles. The maximum absolute atomic E-state index is 13.0. The number of benzene rings is 1. The van der Waals surface area contributed by atoms with Crippen LogP contribution in [-0.4, -0.2) is 10.9 Å². The number of nitrogens with one attached hydrogen (secondary N) is 1. The van der Waals surface area contributed by atoms with Crippen LogP contribution in [0, 0.1) is 11.6 Å². The Labute approximate surface area is 101 Å². The monoisotopic (exact) mass is 249 g/mol. The highest BCUT2D eigenvalue weighted by molar-refractivity contribution is 6.07. The third-order valence-corrected chi connectivity index (χ3v) is 2.28. The zero-order chi connectivity index (χ0) is 13.1. The van der Waals surface area contributed by atoms with Crippen molar-refractivity contribution in [3.8, 4) is 0 Å². The lowest BCUT2D eigenvalue weighted by Gasteiger charge is -2.07. The summed E-state index contributed by atoms with van der Waals surface area (Å²) in [6, 6.07) is 4.67. The summed E-state index contributed by atoms with van der Waals surface area (Å²) < 4.78 is 25.9.